The maximum atomic E-state index is 3.69. The molecule has 0 aliphatic heterocycles. The molecule has 0 fully saturated rings. The van der Waals surface area contributed by atoms with Crippen molar-refractivity contribution in [2.75, 3.05) is 18.0 Å². The maximum Gasteiger partial charge on any atom is 0.0522 e. The van der Waals surface area contributed by atoms with E-state index in [0.29, 0.717) is 0 Å². The minimum Gasteiger partial charge on any atom is -0.367 e. The lowest BCUT2D eigenvalue weighted by atomic mass is 10.2. The first-order valence-electron chi connectivity index (χ1n) is 7.01. The number of nitrogens with one attached hydrogen (secondary N) is 1. The average Bonchev–Trinajstić information content (AvgIpc) is 2.96. The van der Waals surface area contributed by atoms with E-state index < -0.39 is 0 Å². The van der Waals surface area contributed by atoms with Gasteiger partial charge in [-0.25, -0.2) is 0 Å². The minimum absolute atomic E-state index is 0.911. The molecule has 1 aromatic carbocycles. The molecular weight excluding hydrogens is 332 g/mol. The standard InChI is InChI=1S/C16H21BrN2S/c1-3-18-11-13-7-8-14(10-16(13)17)19(4-2)12-15-6-5-9-20-15/h5-10,18H,3-4,11-12H2,1-2H3. The molecule has 0 spiro atoms. The number of hydrogen-bond donors (Lipinski definition) is 1. The summed E-state index contributed by atoms with van der Waals surface area (Å²) in [5.41, 5.74) is 2.58. The van der Waals surface area contributed by atoms with Crippen molar-refractivity contribution < 1.29 is 0 Å². The van der Waals surface area contributed by atoms with Gasteiger partial charge in [0.25, 0.3) is 0 Å². The van der Waals surface area contributed by atoms with Crippen LogP contribution in [-0.4, -0.2) is 13.1 Å². The SMILES string of the molecule is CCNCc1ccc(N(CC)Cc2cccs2)cc1Br. The van der Waals surface area contributed by atoms with Crippen molar-refractivity contribution in [1.82, 2.24) is 5.32 Å². The number of rotatable bonds is 7. The lowest BCUT2D eigenvalue weighted by Gasteiger charge is -2.23. The summed E-state index contributed by atoms with van der Waals surface area (Å²) in [6.45, 7) is 8.22. The fourth-order valence-electron chi connectivity index (χ4n) is 2.11. The van der Waals surface area contributed by atoms with Gasteiger partial charge in [-0.15, -0.1) is 11.3 Å². The zero-order valence-electron chi connectivity index (χ0n) is 12.0. The van der Waals surface area contributed by atoms with Crippen LogP contribution in [0.5, 0.6) is 0 Å². The molecule has 1 N–H and O–H groups in total. The van der Waals surface area contributed by atoms with Gasteiger partial charge in [-0.2, -0.15) is 0 Å². The molecule has 4 heteroatoms. The predicted octanol–water partition coefficient (Wildman–Crippen LogP) is 4.65. The number of thiophene rings is 1. The first-order valence-corrected chi connectivity index (χ1v) is 8.68. The van der Waals surface area contributed by atoms with Gasteiger partial charge in [0.1, 0.15) is 0 Å². The molecule has 0 radical (unpaired) electrons. The van der Waals surface area contributed by atoms with E-state index in [0.717, 1.165) is 26.2 Å². The molecule has 2 aromatic rings. The summed E-state index contributed by atoms with van der Waals surface area (Å²) < 4.78 is 1.18. The Morgan fingerprint density at radius 1 is 1.25 bits per heavy atom. The van der Waals surface area contributed by atoms with Crippen molar-refractivity contribution in [3.63, 3.8) is 0 Å². The highest BCUT2D eigenvalue weighted by atomic mass is 79.9. The third kappa shape index (κ3) is 4.08. The summed E-state index contributed by atoms with van der Waals surface area (Å²) in [6.07, 6.45) is 0. The Labute approximate surface area is 133 Å². The Hall–Kier alpha value is -0.840. The van der Waals surface area contributed by atoms with Crippen LogP contribution < -0.4 is 10.2 Å². The van der Waals surface area contributed by atoms with Gasteiger partial charge in [-0.1, -0.05) is 35.0 Å². The monoisotopic (exact) mass is 352 g/mol. The number of benzene rings is 1. The first kappa shape index (κ1) is 15.5. The molecule has 0 aliphatic rings. The third-order valence-corrected chi connectivity index (χ3v) is 4.88. The predicted molar refractivity (Wildman–Crippen MR) is 92.6 cm³/mol. The van der Waals surface area contributed by atoms with Crippen molar-refractivity contribution in [3.05, 3.63) is 50.6 Å². The van der Waals surface area contributed by atoms with Gasteiger partial charge in [0.2, 0.25) is 0 Å². The number of hydrogen-bond acceptors (Lipinski definition) is 3. The molecule has 0 atom stereocenters. The fraction of sp³-hybridized carbons (Fsp3) is 0.375. The van der Waals surface area contributed by atoms with Crippen LogP contribution in [0.1, 0.15) is 24.3 Å². The lowest BCUT2D eigenvalue weighted by molar-refractivity contribution is 0.724. The van der Waals surface area contributed by atoms with Crippen LogP contribution in [0.2, 0.25) is 0 Å². The van der Waals surface area contributed by atoms with Crippen LogP contribution in [0.25, 0.3) is 0 Å². The normalized spacial score (nSPS) is 10.8. The highest BCUT2D eigenvalue weighted by Crippen LogP contribution is 2.26. The second-order valence-corrected chi connectivity index (χ2v) is 6.54. The van der Waals surface area contributed by atoms with Gasteiger partial charge < -0.3 is 10.2 Å². The maximum absolute atomic E-state index is 3.69. The van der Waals surface area contributed by atoms with E-state index in [-0.39, 0.29) is 0 Å². The quantitative estimate of drug-likeness (QED) is 0.780. The second-order valence-electron chi connectivity index (χ2n) is 4.65. The zero-order valence-corrected chi connectivity index (χ0v) is 14.4. The molecule has 0 aliphatic carbocycles. The first-order chi connectivity index (χ1) is 9.74. The van der Waals surface area contributed by atoms with Gasteiger partial charge >= 0.3 is 0 Å². The molecule has 1 heterocycles. The summed E-state index contributed by atoms with van der Waals surface area (Å²) in [5, 5.41) is 5.50. The number of nitrogens with zero attached hydrogens (tertiary/aromatic N) is 1. The van der Waals surface area contributed by atoms with E-state index in [2.05, 4.69) is 75.7 Å². The van der Waals surface area contributed by atoms with Gasteiger partial charge in [0.05, 0.1) is 6.54 Å². The van der Waals surface area contributed by atoms with Gasteiger partial charge in [0, 0.05) is 28.1 Å². The Balaban J connectivity index is 2.11. The summed E-state index contributed by atoms with van der Waals surface area (Å²) in [5.74, 6) is 0. The summed E-state index contributed by atoms with van der Waals surface area (Å²) in [7, 11) is 0. The molecule has 1 aromatic heterocycles. The molecular formula is C16H21BrN2S. The van der Waals surface area contributed by atoms with Crippen molar-refractivity contribution in [3.8, 4) is 0 Å². The molecule has 20 heavy (non-hydrogen) atoms. The van der Waals surface area contributed by atoms with E-state index >= 15 is 0 Å². The van der Waals surface area contributed by atoms with Crippen molar-refractivity contribution in [2.24, 2.45) is 0 Å². The van der Waals surface area contributed by atoms with E-state index in [9.17, 15) is 0 Å². The molecule has 0 bridgehead atoms. The smallest absolute Gasteiger partial charge is 0.0522 e. The molecule has 0 unspecified atom stereocenters. The molecule has 0 amide bonds. The Morgan fingerprint density at radius 2 is 2.10 bits per heavy atom. The van der Waals surface area contributed by atoms with Crippen LogP contribution in [0.4, 0.5) is 5.69 Å². The Kier molecular flexibility index (Phi) is 6.07. The summed E-state index contributed by atoms with van der Waals surface area (Å²) in [4.78, 5) is 3.80. The Bertz CT molecular complexity index is 525. The van der Waals surface area contributed by atoms with Gasteiger partial charge in [-0.3, -0.25) is 0 Å². The average molecular weight is 353 g/mol. The molecule has 0 saturated heterocycles. The number of halogens is 1. The summed E-state index contributed by atoms with van der Waals surface area (Å²) in [6, 6.07) is 11.0. The largest absolute Gasteiger partial charge is 0.367 e. The molecule has 0 saturated carbocycles. The summed E-state index contributed by atoms with van der Waals surface area (Å²) >= 11 is 5.51. The fourth-order valence-corrected chi connectivity index (χ4v) is 3.34. The lowest BCUT2D eigenvalue weighted by Crippen LogP contribution is -2.21. The van der Waals surface area contributed by atoms with Gasteiger partial charge in [0.15, 0.2) is 0 Å². The molecule has 2 rings (SSSR count). The minimum atomic E-state index is 0.911. The Morgan fingerprint density at radius 3 is 2.70 bits per heavy atom. The second kappa shape index (κ2) is 7.81. The van der Waals surface area contributed by atoms with Crippen molar-refractivity contribution in [1.29, 1.82) is 0 Å². The van der Waals surface area contributed by atoms with Crippen molar-refractivity contribution in [2.45, 2.75) is 26.9 Å². The van der Waals surface area contributed by atoms with E-state index in [1.165, 1.54) is 20.6 Å². The molecule has 2 nitrogen and oxygen atoms in total. The zero-order chi connectivity index (χ0) is 14.4. The van der Waals surface area contributed by atoms with Crippen molar-refractivity contribution >= 4 is 33.0 Å². The third-order valence-electron chi connectivity index (χ3n) is 3.28. The van der Waals surface area contributed by atoms with Crippen LogP contribution in [0.15, 0.2) is 40.2 Å². The van der Waals surface area contributed by atoms with Crippen LogP contribution in [0, 0.1) is 0 Å². The molecule has 108 valence electrons. The van der Waals surface area contributed by atoms with Crippen LogP contribution in [0.3, 0.4) is 0 Å². The van der Waals surface area contributed by atoms with E-state index in [1.807, 2.05) is 11.3 Å². The van der Waals surface area contributed by atoms with E-state index in [1.54, 1.807) is 0 Å². The van der Waals surface area contributed by atoms with E-state index in [4.69, 9.17) is 0 Å². The topological polar surface area (TPSA) is 15.3 Å². The van der Waals surface area contributed by atoms with Crippen LogP contribution >= 0.6 is 27.3 Å². The highest BCUT2D eigenvalue weighted by Gasteiger charge is 2.08. The number of anilines is 1. The highest BCUT2D eigenvalue weighted by molar-refractivity contribution is 9.10. The van der Waals surface area contributed by atoms with Gasteiger partial charge in [-0.05, 0) is 42.6 Å². The van der Waals surface area contributed by atoms with Crippen LogP contribution in [-0.2, 0) is 13.1 Å².